The summed E-state index contributed by atoms with van der Waals surface area (Å²) < 4.78 is 61.7. The minimum atomic E-state index is -4.53. The van der Waals surface area contributed by atoms with Crippen molar-refractivity contribution in [3.8, 4) is 0 Å². The van der Waals surface area contributed by atoms with Crippen molar-refractivity contribution in [3.63, 3.8) is 0 Å². The van der Waals surface area contributed by atoms with E-state index < -0.39 is 34.3 Å². The summed E-state index contributed by atoms with van der Waals surface area (Å²) in [7, 11) is 1.12. The smallest absolute Gasteiger partial charge is 0.362 e. The molecular formula is C10H8Cl2F3NO4S. The van der Waals surface area contributed by atoms with Crippen LogP contribution in [0.5, 0.6) is 0 Å². The van der Waals surface area contributed by atoms with Crippen LogP contribution in [0.25, 0.3) is 0 Å². The Balaban J connectivity index is 2.65. The van der Waals surface area contributed by atoms with Crippen LogP contribution < -0.4 is 5.32 Å². The van der Waals surface area contributed by atoms with Crippen molar-refractivity contribution in [2.24, 2.45) is 0 Å². The van der Waals surface area contributed by atoms with Gasteiger partial charge in [-0.25, -0.2) is 8.42 Å². The molecule has 0 aliphatic rings. The van der Waals surface area contributed by atoms with E-state index in [1.807, 2.05) is 0 Å². The summed E-state index contributed by atoms with van der Waals surface area (Å²) in [6.07, 6.45) is -4.53. The van der Waals surface area contributed by atoms with Gasteiger partial charge in [0.05, 0.1) is 15.6 Å². The zero-order valence-electron chi connectivity index (χ0n) is 10.1. The maximum absolute atomic E-state index is 11.8. The van der Waals surface area contributed by atoms with E-state index in [2.05, 4.69) is 10.1 Å². The highest BCUT2D eigenvalue weighted by molar-refractivity contribution is 8.13. The molecule has 0 fully saturated rings. The summed E-state index contributed by atoms with van der Waals surface area (Å²) >= 11 is 5.73. The summed E-state index contributed by atoms with van der Waals surface area (Å²) in [6, 6.07) is 3.23. The van der Waals surface area contributed by atoms with E-state index in [4.69, 9.17) is 22.3 Å². The summed E-state index contributed by atoms with van der Waals surface area (Å²) in [5.41, 5.74) is 0.0151. The molecule has 0 heterocycles. The quantitative estimate of drug-likeness (QED) is 0.814. The average Bonchev–Trinajstić information content (AvgIpc) is 2.28. The lowest BCUT2D eigenvalue weighted by atomic mass is 10.3. The highest BCUT2D eigenvalue weighted by atomic mass is 35.7. The Hall–Kier alpha value is -1.03. The van der Waals surface area contributed by atoms with Crippen molar-refractivity contribution in [2.45, 2.75) is 11.1 Å². The van der Waals surface area contributed by atoms with E-state index in [1.54, 1.807) is 0 Å². The standard InChI is InChI=1S/C10H8Cl2F3NO4S/c11-7-3-6(21(12,18)19)1-2-8(7)16-9(17)4-20-5-10(13,14)15/h1-3H,4-5H2,(H,16,17). The number of alkyl halides is 3. The zero-order chi connectivity index (χ0) is 16.3. The predicted molar refractivity (Wildman–Crippen MR) is 70.0 cm³/mol. The molecule has 1 amide bonds. The minimum Gasteiger partial charge on any atom is -0.362 e. The predicted octanol–water partition coefficient (Wildman–Crippen LogP) is 2.78. The first kappa shape index (κ1) is 18.0. The molecule has 1 aromatic rings. The second kappa shape index (κ2) is 6.82. The van der Waals surface area contributed by atoms with Gasteiger partial charge in [-0.15, -0.1) is 0 Å². The van der Waals surface area contributed by atoms with Gasteiger partial charge in [0.15, 0.2) is 0 Å². The molecule has 0 spiro atoms. The van der Waals surface area contributed by atoms with Crippen molar-refractivity contribution in [2.75, 3.05) is 18.5 Å². The normalized spacial score (nSPS) is 12.2. The second-order valence-electron chi connectivity index (χ2n) is 3.74. The molecule has 11 heteroatoms. The number of halogens is 5. The molecule has 118 valence electrons. The van der Waals surface area contributed by atoms with Crippen molar-refractivity contribution in [1.82, 2.24) is 0 Å². The number of hydrogen-bond acceptors (Lipinski definition) is 4. The first-order valence-electron chi connectivity index (χ1n) is 5.17. The van der Waals surface area contributed by atoms with Crippen LogP contribution in [-0.4, -0.2) is 33.7 Å². The highest BCUT2D eigenvalue weighted by Crippen LogP contribution is 2.26. The summed E-state index contributed by atoms with van der Waals surface area (Å²) in [4.78, 5) is 11.0. The molecule has 0 aromatic heterocycles. The van der Waals surface area contributed by atoms with Crippen LogP contribution in [0.15, 0.2) is 23.1 Å². The molecule has 0 atom stereocenters. The molecule has 0 unspecified atom stereocenters. The van der Waals surface area contributed by atoms with E-state index in [1.165, 1.54) is 0 Å². The maximum atomic E-state index is 11.8. The van der Waals surface area contributed by atoms with Gasteiger partial charge in [0.1, 0.15) is 13.2 Å². The van der Waals surface area contributed by atoms with Crippen molar-refractivity contribution in [3.05, 3.63) is 23.2 Å². The lowest BCUT2D eigenvalue weighted by Crippen LogP contribution is -2.24. The van der Waals surface area contributed by atoms with E-state index in [-0.39, 0.29) is 15.6 Å². The Labute approximate surface area is 127 Å². The van der Waals surface area contributed by atoms with E-state index in [9.17, 15) is 26.4 Å². The summed E-state index contributed by atoms with van der Waals surface area (Å²) in [5, 5.41) is 2.04. The number of carbonyl (C=O) groups excluding carboxylic acids is 1. The fourth-order valence-electron chi connectivity index (χ4n) is 1.19. The van der Waals surface area contributed by atoms with E-state index in [0.717, 1.165) is 18.2 Å². The molecular weight excluding hydrogens is 358 g/mol. The third-order valence-corrected chi connectivity index (χ3v) is 3.66. The SMILES string of the molecule is O=C(COCC(F)(F)F)Nc1ccc(S(=O)(=O)Cl)cc1Cl. The van der Waals surface area contributed by atoms with Gasteiger partial charge in [-0.3, -0.25) is 4.79 Å². The van der Waals surface area contributed by atoms with Crippen LogP contribution in [0.1, 0.15) is 0 Å². The molecule has 1 aromatic carbocycles. The van der Waals surface area contributed by atoms with Gasteiger partial charge in [-0.2, -0.15) is 13.2 Å². The molecule has 0 radical (unpaired) electrons. The number of hydrogen-bond donors (Lipinski definition) is 1. The number of rotatable bonds is 5. The van der Waals surface area contributed by atoms with Crippen LogP contribution in [-0.2, 0) is 18.6 Å². The molecule has 5 nitrogen and oxygen atoms in total. The topological polar surface area (TPSA) is 72.5 Å². The fourth-order valence-corrected chi connectivity index (χ4v) is 2.26. The van der Waals surface area contributed by atoms with Gasteiger partial charge in [-0.1, -0.05) is 11.6 Å². The number of amides is 1. The third kappa shape index (κ3) is 6.51. The Morgan fingerprint density at radius 2 is 1.95 bits per heavy atom. The van der Waals surface area contributed by atoms with Crippen LogP contribution in [0, 0.1) is 0 Å². The van der Waals surface area contributed by atoms with Crippen molar-refractivity contribution < 1.29 is 31.1 Å². The van der Waals surface area contributed by atoms with Crippen LogP contribution in [0.3, 0.4) is 0 Å². The molecule has 1 rings (SSSR count). The van der Waals surface area contributed by atoms with Crippen LogP contribution in [0.4, 0.5) is 18.9 Å². The first-order valence-corrected chi connectivity index (χ1v) is 7.86. The van der Waals surface area contributed by atoms with Crippen LogP contribution in [0.2, 0.25) is 5.02 Å². The van der Waals surface area contributed by atoms with Gasteiger partial charge in [0.25, 0.3) is 9.05 Å². The lowest BCUT2D eigenvalue weighted by molar-refractivity contribution is -0.174. The molecule has 0 aliphatic carbocycles. The molecule has 0 bridgehead atoms. The fraction of sp³-hybridized carbons (Fsp3) is 0.300. The zero-order valence-corrected chi connectivity index (χ0v) is 12.4. The first-order chi connectivity index (χ1) is 9.49. The monoisotopic (exact) mass is 365 g/mol. The van der Waals surface area contributed by atoms with Gasteiger partial charge >= 0.3 is 6.18 Å². The highest BCUT2D eigenvalue weighted by Gasteiger charge is 2.27. The van der Waals surface area contributed by atoms with Gasteiger partial charge in [0, 0.05) is 10.7 Å². The number of benzene rings is 1. The lowest BCUT2D eigenvalue weighted by Gasteiger charge is -2.09. The van der Waals surface area contributed by atoms with Crippen molar-refractivity contribution >= 4 is 42.9 Å². The molecule has 1 N–H and O–H groups in total. The Kier molecular flexibility index (Phi) is 5.85. The van der Waals surface area contributed by atoms with Gasteiger partial charge < -0.3 is 10.1 Å². The summed E-state index contributed by atoms with van der Waals surface area (Å²) in [5.74, 6) is -0.873. The molecule has 0 saturated heterocycles. The third-order valence-electron chi connectivity index (χ3n) is 2.00. The Morgan fingerprint density at radius 3 is 2.43 bits per heavy atom. The minimum absolute atomic E-state index is 0.0151. The number of anilines is 1. The van der Waals surface area contributed by atoms with E-state index >= 15 is 0 Å². The largest absolute Gasteiger partial charge is 0.411 e. The Bertz CT molecular complexity index is 634. The average molecular weight is 366 g/mol. The Morgan fingerprint density at radius 1 is 1.33 bits per heavy atom. The van der Waals surface area contributed by atoms with Gasteiger partial charge in [0.2, 0.25) is 5.91 Å². The van der Waals surface area contributed by atoms with Crippen molar-refractivity contribution in [1.29, 1.82) is 0 Å². The van der Waals surface area contributed by atoms with Gasteiger partial charge in [-0.05, 0) is 18.2 Å². The van der Waals surface area contributed by atoms with E-state index in [0.29, 0.717) is 0 Å². The summed E-state index contributed by atoms with van der Waals surface area (Å²) in [6.45, 7) is -2.39. The number of carbonyl (C=O) groups is 1. The number of ether oxygens (including phenoxy) is 1. The molecule has 0 saturated carbocycles. The number of nitrogens with one attached hydrogen (secondary N) is 1. The molecule has 21 heavy (non-hydrogen) atoms. The maximum Gasteiger partial charge on any atom is 0.411 e. The second-order valence-corrected chi connectivity index (χ2v) is 6.71. The van der Waals surface area contributed by atoms with Crippen LogP contribution >= 0.6 is 22.3 Å². The molecule has 0 aliphatic heterocycles.